The van der Waals surface area contributed by atoms with Gasteiger partial charge in [-0.3, -0.25) is 9.59 Å². The summed E-state index contributed by atoms with van der Waals surface area (Å²) in [5.41, 5.74) is 0.546. The average Bonchev–Trinajstić information content (AvgIpc) is 2.43. The first kappa shape index (κ1) is 17.0. The SMILES string of the molecule is CCOc1ccc(C(=O)N(CCC(=O)O)CC(C)C)cc1. The Morgan fingerprint density at radius 3 is 2.33 bits per heavy atom. The molecule has 0 bridgehead atoms. The molecule has 0 unspecified atom stereocenters. The second-order valence-corrected chi connectivity index (χ2v) is 5.25. The maximum atomic E-state index is 12.5. The number of benzene rings is 1. The largest absolute Gasteiger partial charge is 0.494 e. The molecule has 5 nitrogen and oxygen atoms in total. The Morgan fingerprint density at radius 2 is 1.86 bits per heavy atom. The van der Waals surface area contributed by atoms with Gasteiger partial charge < -0.3 is 14.7 Å². The summed E-state index contributed by atoms with van der Waals surface area (Å²) in [6, 6.07) is 6.92. The van der Waals surface area contributed by atoms with E-state index in [-0.39, 0.29) is 24.8 Å². The minimum absolute atomic E-state index is 0.0461. The van der Waals surface area contributed by atoms with Crippen molar-refractivity contribution in [2.75, 3.05) is 19.7 Å². The topological polar surface area (TPSA) is 66.8 Å². The van der Waals surface area contributed by atoms with Crippen LogP contribution in [0.5, 0.6) is 5.75 Å². The second kappa shape index (κ2) is 8.29. The van der Waals surface area contributed by atoms with Crippen molar-refractivity contribution >= 4 is 11.9 Å². The highest BCUT2D eigenvalue weighted by Gasteiger charge is 2.17. The van der Waals surface area contributed by atoms with Gasteiger partial charge in [-0.05, 0) is 37.1 Å². The van der Waals surface area contributed by atoms with Gasteiger partial charge in [0.2, 0.25) is 0 Å². The number of nitrogens with zero attached hydrogens (tertiary/aromatic N) is 1. The Morgan fingerprint density at radius 1 is 1.24 bits per heavy atom. The third-order valence-corrected chi connectivity index (χ3v) is 2.88. The number of carboxylic acid groups (broad SMARTS) is 1. The van der Waals surface area contributed by atoms with E-state index in [2.05, 4.69) is 0 Å². The van der Waals surface area contributed by atoms with Crippen LogP contribution in [0.25, 0.3) is 0 Å². The van der Waals surface area contributed by atoms with Gasteiger partial charge in [0, 0.05) is 18.7 Å². The van der Waals surface area contributed by atoms with E-state index in [1.807, 2.05) is 20.8 Å². The molecule has 0 radical (unpaired) electrons. The number of rotatable bonds is 8. The van der Waals surface area contributed by atoms with Gasteiger partial charge in [-0.15, -0.1) is 0 Å². The van der Waals surface area contributed by atoms with Crippen LogP contribution in [-0.4, -0.2) is 41.6 Å². The molecular weight excluding hydrogens is 270 g/mol. The fraction of sp³-hybridized carbons (Fsp3) is 0.500. The van der Waals surface area contributed by atoms with Crippen LogP contribution in [0.2, 0.25) is 0 Å². The molecule has 0 aliphatic heterocycles. The van der Waals surface area contributed by atoms with Crippen LogP contribution < -0.4 is 4.74 Å². The highest BCUT2D eigenvalue weighted by molar-refractivity contribution is 5.94. The molecule has 1 amide bonds. The van der Waals surface area contributed by atoms with E-state index in [0.717, 1.165) is 5.75 Å². The first-order valence-electron chi connectivity index (χ1n) is 7.18. The third kappa shape index (κ3) is 5.85. The molecule has 1 aromatic rings. The summed E-state index contributed by atoms with van der Waals surface area (Å²) >= 11 is 0. The lowest BCUT2D eigenvalue weighted by molar-refractivity contribution is -0.137. The number of carboxylic acids is 1. The highest BCUT2D eigenvalue weighted by atomic mass is 16.5. The van der Waals surface area contributed by atoms with Gasteiger partial charge in [0.1, 0.15) is 5.75 Å². The molecule has 0 spiro atoms. The molecule has 21 heavy (non-hydrogen) atoms. The first-order chi connectivity index (χ1) is 9.93. The molecule has 0 aliphatic rings. The minimum atomic E-state index is -0.900. The van der Waals surface area contributed by atoms with Crippen LogP contribution in [0.15, 0.2) is 24.3 Å². The molecule has 1 N–H and O–H groups in total. The zero-order valence-electron chi connectivity index (χ0n) is 12.8. The molecule has 1 rings (SSSR count). The molecule has 1 aromatic carbocycles. The van der Waals surface area contributed by atoms with Crippen molar-refractivity contribution in [3.63, 3.8) is 0 Å². The fourth-order valence-electron chi connectivity index (χ4n) is 1.99. The van der Waals surface area contributed by atoms with Gasteiger partial charge in [0.25, 0.3) is 5.91 Å². The second-order valence-electron chi connectivity index (χ2n) is 5.25. The van der Waals surface area contributed by atoms with Crippen LogP contribution in [0.3, 0.4) is 0 Å². The Labute approximate surface area is 125 Å². The molecule has 0 fully saturated rings. The molecule has 0 saturated heterocycles. The van der Waals surface area contributed by atoms with Crippen molar-refractivity contribution in [1.29, 1.82) is 0 Å². The number of carbonyl (C=O) groups excluding carboxylic acids is 1. The summed E-state index contributed by atoms with van der Waals surface area (Å²) < 4.78 is 5.34. The summed E-state index contributed by atoms with van der Waals surface area (Å²) in [5.74, 6) is -0.0447. The van der Waals surface area contributed by atoms with Crippen LogP contribution in [0.4, 0.5) is 0 Å². The molecule has 0 aliphatic carbocycles. The number of hydrogen-bond donors (Lipinski definition) is 1. The lowest BCUT2D eigenvalue weighted by Gasteiger charge is -2.24. The van der Waals surface area contributed by atoms with E-state index >= 15 is 0 Å². The minimum Gasteiger partial charge on any atom is -0.494 e. The first-order valence-corrected chi connectivity index (χ1v) is 7.18. The Bertz CT molecular complexity index is 468. The monoisotopic (exact) mass is 293 g/mol. The van der Waals surface area contributed by atoms with Gasteiger partial charge in [-0.1, -0.05) is 13.8 Å². The number of aliphatic carboxylic acids is 1. The van der Waals surface area contributed by atoms with Gasteiger partial charge in [-0.2, -0.15) is 0 Å². The van der Waals surface area contributed by atoms with Crippen molar-refractivity contribution < 1.29 is 19.4 Å². The van der Waals surface area contributed by atoms with Crippen molar-refractivity contribution in [2.45, 2.75) is 27.2 Å². The van der Waals surface area contributed by atoms with Crippen LogP contribution >= 0.6 is 0 Å². The van der Waals surface area contributed by atoms with E-state index < -0.39 is 5.97 Å². The van der Waals surface area contributed by atoms with E-state index in [4.69, 9.17) is 9.84 Å². The predicted molar refractivity (Wildman–Crippen MR) is 80.6 cm³/mol. The zero-order valence-corrected chi connectivity index (χ0v) is 12.8. The van der Waals surface area contributed by atoms with Crippen molar-refractivity contribution in [3.05, 3.63) is 29.8 Å². The maximum Gasteiger partial charge on any atom is 0.305 e. The molecular formula is C16H23NO4. The van der Waals surface area contributed by atoms with Crippen molar-refractivity contribution in [2.24, 2.45) is 5.92 Å². The van der Waals surface area contributed by atoms with Gasteiger partial charge in [0.15, 0.2) is 0 Å². The van der Waals surface area contributed by atoms with E-state index in [1.165, 1.54) is 0 Å². The third-order valence-electron chi connectivity index (χ3n) is 2.88. The van der Waals surface area contributed by atoms with Gasteiger partial charge >= 0.3 is 5.97 Å². The highest BCUT2D eigenvalue weighted by Crippen LogP contribution is 2.14. The fourth-order valence-corrected chi connectivity index (χ4v) is 1.99. The molecule has 5 heteroatoms. The van der Waals surface area contributed by atoms with Crippen molar-refractivity contribution in [1.82, 2.24) is 4.90 Å². The Kier molecular flexibility index (Phi) is 6.72. The van der Waals surface area contributed by atoms with E-state index in [9.17, 15) is 9.59 Å². The van der Waals surface area contributed by atoms with E-state index in [0.29, 0.717) is 18.7 Å². The standard InChI is InChI=1S/C16H23NO4/c1-4-21-14-7-5-13(6-8-14)16(20)17(11-12(2)3)10-9-15(18)19/h5-8,12H,4,9-11H2,1-3H3,(H,18,19). The molecule has 0 heterocycles. The van der Waals surface area contributed by atoms with Crippen LogP contribution in [0, 0.1) is 5.92 Å². The summed E-state index contributed by atoms with van der Waals surface area (Å²) in [6.07, 6.45) is -0.0461. The molecule has 0 aromatic heterocycles. The van der Waals surface area contributed by atoms with E-state index in [1.54, 1.807) is 29.2 Å². The van der Waals surface area contributed by atoms with Gasteiger partial charge in [0.05, 0.1) is 13.0 Å². The normalized spacial score (nSPS) is 10.5. The number of amides is 1. The molecule has 116 valence electrons. The smallest absolute Gasteiger partial charge is 0.305 e. The lowest BCUT2D eigenvalue weighted by Crippen LogP contribution is -2.35. The number of ether oxygens (including phenoxy) is 1. The summed E-state index contributed by atoms with van der Waals surface area (Å²) in [6.45, 7) is 7.23. The van der Waals surface area contributed by atoms with Crippen LogP contribution in [-0.2, 0) is 4.79 Å². The number of hydrogen-bond acceptors (Lipinski definition) is 3. The Balaban J connectivity index is 2.80. The summed E-state index contributed by atoms with van der Waals surface area (Å²) in [4.78, 5) is 24.8. The summed E-state index contributed by atoms with van der Waals surface area (Å²) in [5, 5.41) is 8.79. The van der Waals surface area contributed by atoms with Gasteiger partial charge in [-0.25, -0.2) is 0 Å². The maximum absolute atomic E-state index is 12.5. The molecule has 0 atom stereocenters. The quantitative estimate of drug-likeness (QED) is 0.800. The summed E-state index contributed by atoms with van der Waals surface area (Å²) in [7, 11) is 0. The van der Waals surface area contributed by atoms with Crippen molar-refractivity contribution in [3.8, 4) is 5.75 Å². The Hall–Kier alpha value is -2.04. The number of carbonyl (C=O) groups is 2. The average molecular weight is 293 g/mol. The predicted octanol–water partition coefficient (Wildman–Crippen LogP) is 2.66. The van der Waals surface area contributed by atoms with Crippen LogP contribution in [0.1, 0.15) is 37.6 Å². The molecule has 0 saturated carbocycles. The zero-order chi connectivity index (χ0) is 15.8. The lowest BCUT2D eigenvalue weighted by atomic mass is 10.1.